The van der Waals surface area contributed by atoms with E-state index in [0.717, 1.165) is 6.42 Å². The molecule has 1 N–H and O–H groups in total. The van der Waals surface area contributed by atoms with Crippen molar-refractivity contribution < 1.29 is 14.5 Å². The molecular weight excluding hydrogens is 272 g/mol. The summed E-state index contributed by atoms with van der Waals surface area (Å²) in [5.41, 5.74) is 0.459. The van der Waals surface area contributed by atoms with Gasteiger partial charge in [-0.15, -0.1) is 0 Å². The minimum absolute atomic E-state index is 0.00317. The van der Waals surface area contributed by atoms with E-state index in [4.69, 9.17) is 4.74 Å². The van der Waals surface area contributed by atoms with Gasteiger partial charge in [0.1, 0.15) is 0 Å². The summed E-state index contributed by atoms with van der Waals surface area (Å²) >= 11 is 0. The lowest BCUT2D eigenvalue weighted by Gasteiger charge is -2.19. The first-order chi connectivity index (χ1) is 10.1. The van der Waals surface area contributed by atoms with Crippen LogP contribution < -0.4 is 5.32 Å². The minimum atomic E-state index is -0.469. The number of nitro groups is 1. The Morgan fingerprint density at radius 1 is 1.29 bits per heavy atom. The molecule has 2 bridgehead atoms. The summed E-state index contributed by atoms with van der Waals surface area (Å²) in [5.74, 6) is 1.65. The average molecular weight is 288 g/mol. The van der Waals surface area contributed by atoms with Crippen molar-refractivity contribution >= 4 is 11.6 Å². The van der Waals surface area contributed by atoms with E-state index in [-0.39, 0.29) is 11.6 Å². The van der Waals surface area contributed by atoms with E-state index in [1.165, 1.54) is 30.7 Å². The number of nitrogens with zero attached hydrogens (tertiary/aromatic N) is 1. The molecule has 1 saturated heterocycles. The number of carbonyl (C=O) groups excluding carboxylic acids is 1. The van der Waals surface area contributed by atoms with Crippen LogP contribution in [-0.4, -0.2) is 29.6 Å². The fourth-order valence-corrected chi connectivity index (χ4v) is 4.03. The van der Waals surface area contributed by atoms with Gasteiger partial charge in [0.25, 0.3) is 11.6 Å². The number of epoxide rings is 1. The van der Waals surface area contributed by atoms with E-state index in [1.807, 2.05) is 0 Å². The highest BCUT2D eigenvalue weighted by Crippen LogP contribution is 2.58. The maximum atomic E-state index is 12.1. The van der Waals surface area contributed by atoms with Crippen LogP contribution in [-0.2, 0) is 4.74 Å². The Bertz CT molecular complexity index is 600. The number of nitrogens with one attached hydrogen (secondary N) is 1. The molecule has 6 nitrogen and oxygen atoms in total. The highest BCUT2D eigenvalue weighted by Gasteiger charge is 2.62. The van der Waals surface area contributed by atoms with Crippen LogP contribution in [0.2, 0.25) is 0 Å². The van der Waals surface area contributed by atoms with Gasteiger partial charge in [-0.25, -0.2) is 0 Å². The summed E-state index contributed by atoms with van der Waals surface area (Å²) < 4.78 is 5.62. The van der Waals surface area contributed by atoms with Crippen molar-refractivity contribution in [2.45, 2.75) is 25.0 Å². The summed E-state index contributed by atoms with van der Waals surface area (Å²) in [6.45, 7) is 0.670. The van der Waals surface area contributed by atoms with E-state index in [2.05, 4.69) is 5.32 Å². The molecule has 3 aliphatic rings. The van der Waals surface area contributed by atoms with Crippen LogP contribution in [0.5, 0.6) is 0 Å². The Morgan fingerprint density at radius 3 is 2.67 bits per heavy atom. The van der Waals surface area contributed by atoms with Gasteiger partial charge >= 0.3 is 0 Å². The van der Waals surface area contributed by atoms with Crippen molar-refractivity contribution in [1.29, 1.82) is 0 Å². The maximum Gasteiger partial charge on any atom is 0.269 e. The number of amides is 1. The zero-order valence-electron chi connectivity index (χ0n) is 11.4. The summed E-state index contributed by atoms with van der Waals surface area (Å²) in [6.07, 6.45) is 3.35. The predicted octanol–water partition coefficient (Wildman–Crippen LogP) is 1.75. The molecule has 2 saturated carbocycles. The number of rotatable bonds is 4. The van der Waals surface area contributed by atoms with Gasteiger partial charge in [-0.1, -0.05) is 0 Å². The van der Waals surface area contributed by atoms with Crippen LogP contribution >= 0.6 is 0 Å². The fraction of sp³-hybridized carbons (Fsp3) is 0.533. The SMILES string of the molecule is O=C(NC[C@@H]1C[C@@H]2C[C@H]1[C@H]1O[C@@H]21)c1ccc([N+](=O)[O-])cc1. The van der Waals surface area contributed by atoms with Gasteiger partial charge in [-0.05, 0) is 42.7 Å². The number of hydrogen-bond donors (Lipinski definition) is 1. The third kappa shape index (κ3) is 2.10. The van der Waals surface area contributed by atoms with Crippen molar-refractivity contribution in [3.63, 3.8) is 0 Å². The Morgan fingerprint density at radius 2 is 2.05 bits per heavy atom. The molecule has 1 aliphatic heterocycles. The summed E-state index contributed by atoms with van der Waals surface area (Å²) in [4.78, 5) is 22.2. The molecule has 1 heterocycles. The van der Waals surface area contributed by atoms with Crippen molar-refractivity contribution in [2.75, 3.05) is 6.54 Å². The van der Waals surface area contributed by atoms with Crippen LogP contribution in [0.4, 0.5) is 5.69 Å². The van der Waals surface area contributed by atoms with E-state index in [9.17, 15) is 14.9 Å². The van der Waals surface area contributed by atoms with E-state index < -0.39 is 4.92 Å². The molecule has 1 amide bonds. The number of non-ortho nitro benzene ring substituents is 1. The Kier molecular flexibility index (Phi) is 2.75. The third-order valence-electron chi connectivity index (χ3n) is 5.10. The minimum Gasteiger partial charge on any atom is -0.369 e. The lowest BCUT2D eigenvalue weighted by atomic mass is 9.89. The Hall–Kier alpha value is -1.95. The molecule has 1 aromatic rings. The number of ether oxygens (including phenoxy) is 1. The summed E-state index contributed by atoms with van der Waals surface area (Å²) in [7, 11) is 0. The predicted molar refractivity (Wildman–Crippen MR) is 73.8 cm³/mol. The van der Waals surface area contributed by atoms with E-state index in [0.29, 0.717) is 42.1 Å². The number of hydrogen-bond acceptors (Lipinski definition) is 4. The van der Waals surface area contributed by atoms with Crippen molar-refractivity contribution in [3.8, 4) is 0 Å². The highest BCUT2D eigenvalue weighted by molar-refractivity contribution is 5.94. The molecule has 0 spiro atoms. The molecule has 5 atom stereocenters. The molecule has 4 rings (SSSR count). The first kappa shape index (κ1) is 12.8. The number of benzene rings is 1. The third-order valence-corrected chi connectivity index (χ3v) is 5.10. The second-order valence-corrected chi connectivity index (χ2v) is 6.23. The molecule has 0 aromatic heterocycles. The lowest BCUT2D eigenvalue weighted by molar-refractivity contribution is -0.384. The van der Waals surface area contributed by atoms with Crippen molar-refractivity contribution in [2.24, 2.45) is 17.8 Å². The van der Waals surface area contributed by atoms with Gasteiger partial charge in [-0.2, -0.15) is 0 Å². The quantitative estimate of drug-likeness (QED) is 0.519. The van der Waals surface area contributed by atoms with Gasteiger partial charge < -0.3 is 10.1 Å². The Balaban J connectivity index is 1.34. The van der Waals surface area contributed by atoms with Gasteiger partial charge in [0, 0.05) is 24.2 Å². The maximum absolute atomic E-state index is 12.1. The molecule has 2 aliphatic carbocycles. The number of fused-ring (bicyclic) bond motifs is 5. The Labute approximate surface area is 121 Å². The summed E-state index contributed by atoms with van der Waals surface area (Å²) in [5, 5.41) is 13.5. The second-order valence-electron chi connectivity index (χ2n) is 6.23. The van der Waals surface area contributed by atoms with Gasteiger partial charge in [-0.3, -0.25) is 14.9 Å². The zero-order chi connectivity index (χ0) is 14.6. The largest absolute Gasteiger partial charge is 0.369 e. The molecule has 0 unspecified atom stereocenters. The average Bonchev–Trinajstić information content (AvgIpc) is 3.10. The molecule has 0 radical (unpaired) electrons. The molecule has 110 valence electrons. The van der Waals surface area contributed by atoms with E-state index >= 15 is 0 Å². The number of nitro benzene ring substituents is 1. The second kappa shape index (κ2) is 4.53. The van der Waals surface area contributed by atoms with E-state index in [1.54, 1.807) is 0 Å². The first-order valence-electron chi connectivity index (χ1n) is 7.31. The highest BCUT2D eigenvalue weighted by atomic mass is 16.6. The van der Waals surface area contributed by atoms with Crippen LogP contribution in [0.25, 0.3) is 0 Å². The molecule has 1 aromatic carbocycles. The molecule has 3 fully saturated rings. The molecule has 21 heavy (non-hydrogen) atoms. The molecular formula is C15H16N2O4. The van der Waals surface area contributed by atoms with Crippen LogP contribution in [0, 0.1) is 27.9 Å². The zero-order valence-corrected chi connectivity index (χ0v) is 11.4. The van der Waals surface area contributed by atoms with Crippen LogP contribution in [0.15, 0.2) is 24.3 Å². The van der Waals surface area contributed by atoms with Crippen LogP contribution in [0.3, 0.4) is 0 Å². The normalized spacial score (nSPS) is 35.3. The fourth-order valence-electron chi connectivity index (χ4n) is 4.03. The lowest BCUT2D eigenvalue weighted by Crippen LogP contribution is -2.33. The van der Waals surface area contributed by atoms with Gasteiger partial charge in [0.2, 0.25) is 0 Å². The number of carbonyl (C=O) groups is 1. The van der Waals surface area contributed by atoms with Crippen molar-refractivity contribution in [1.82, 2.24) is 5.32 Å². The van der Waals surface area contributed by atoms with Gasteiger partial charge in [0.05, 0.1) is 17.1 Å². The molecule has 6 heteroatoms. The topological polar surface area (TPSA) is 84.8 Å². The standard InChI is InChI=1S/C15H16N2O4/c18-15(8-1-3-11(4-2-8)17(19)20)16-7-10-5-9-6-12(10)14-13(9)21-14/h1-4,9-10,12-14H,5-7H2,(H,16,18)/t9-,10+,12-,13+,14-/m1/s1. The van der Waals surface area contributed by atoms with Crippen molar-refractivity contribution in [3.05, 3.63) is 39.9 Å². The van der Waals surface area contributed by atoms with Gasteiger partial charge in [0.15, 0.2) is 0 Å². The van der Waals surface area contributed by atoms with Crippen LogP contribution in [0.1, 0.15) is 23.2 Å². The first-order valence-corrected chi connectivity index (χ1v) is 7.31. The summed E-state index contributed by atoms with van der Waals surface area (Å²) in [6, 6.07) is 5.70. The monoisotopic (exact) mass is 288 g/mol. The smallest absolute Gasteiger partial charge is 0.269 e.